The molecule has 3 nitrogen and oxygen atoms in total. The van der Waals surface area contributed by atoms with Crippen LogP contribution in [-0.4, -0.2) is 14.5 Å². The Kier molecular flexibility index (Phi) is 3.10. The second-order valence-electron chi connectivity index (χ2n) is 5.99. The van der Waals surface area contributed by atoms with E-state index in [-0.39, 0.29) is 0 Å². The lowest BCUT2D eigenvalue weighted by atomic mass is 10.2. The molecule has 0 atom stereocenters. The van der Waals surface area contributed by atoms with E-state index in [0.29, 0.717) is 0 Å². The van der Waals surface area contributed by atoms with E-state index in [4.69, 9.17) is 4.98 Å². The van der Waals surface area contributed by atoms with Crippen molar-refractivity contribution in [2.45, 2.75) is 0 Å². The third-order valence-corrected chi connectivity index (χ3v) is 4.46. The monoisotopic (exact) mass is 321 g/mol. The van der Waals surface area contributed by atoms with E-state index in [0.717, 1.165) is 33.6 Å². The first-order valence-electron chi connectivity index (χ1n) is 8.29. The predicted octanol–water partition coefficient (Wildman–Crippen LogP) is 5.24. The van der Waals surface area contributed by atoms with Gasteiger partial charge in [-0.1, -0.05) is 66.7 Å². The van der Waals surface area contributed by atoms with Crippen LogP contribution in [0, 0.1) is 0 Å². The summed E-state index contributed by atoms with van der Waals surface area (Å²) in [7, 11) is 0. The van der Waals surface area contributed by atoms with E-state index < -0.39 is 0 Å². The van der Waals surface area contributed by atoms with Crippen LogP contribution in [0.5, 0.6) is 0 Å². The van der Waals surface area contributed by atoms with Crippen LogP contribution >= 0.6 is 0 Å². The van der Waals surface area contributed by atoms with E-state index in [2.05, 4.69) is 58.1 Å². The summed E-state index contributed by atoms with van der Waals surface area (Å²) in [6.07, 6.45) is 1.94. The molecule has 25 heavy (non-hydrogen) atoms. The van der Waals surface area contributed by atoms with Gasteiger partial charge in [0, 0.05) is 28.2 Å². The zero-order valence-electron chi connectivity index (χ0n) is 13.5. The topological polar surface area (TPSA) is 30.7 Å². The van der Waals surface area contributed by atoms with Gasteiger partial charge >= 0.3 is 0 Å². The molecule has 118 valence electrons. The lowest BCUT2D eigenvalue weighted by molar-refractivity contribution is 1.11. The molecule has 0 saturated heterocycles. The second-order valence-corrected chi connectivity index (χ2v) is 5.99. The maximum Gasteiger partial charge on any atom is 0.161 e. The van der Waals surface area contributed by atoms with Crippen LogP contribution < -0.4 is 0 Å². The fourth-order valence-electron chi connectivity index (χ4n) is 3.31. The van der Waals surface area contributed by atoms with Crippen molar-refractivity contribution in [1.29, 1.82) is 0 Å². The van der Waals surface area contributed by atoms with Crippen molar-refractivity contribution in [3.8, 4) is 17.1 Å². The van der Waals surface area contributed by atoms with Crippen molar-refractivity contribution in [3.63, 3.8) is 0 Å². The van der Waals surface area contributed by atoms with Gasteiger partial charge in [0.1, 0.15) is 5.65 Å². The summed E-state index contributed by atoms with van der Waals surface area (Å²) in [4.78, 5) is 9.52. The Morgan fingerprint density at radius 2 is 1.32 bits per heavy atom. The van der Waals surface area contributed by atoms with Crippen LogP contribution in [0.3, 0.4) is 0 Å². The summed E-state index contributed by atoms with van der Waals surface area (Å²) in [5, 5.41) is 2.24. The molecule has 0 fully saturated rings. The lowest BCUT2D eigenvalue weighted by Gasteiger charge is -2.07. The molecule has 0 radical (unpaired) electrons. The van der Waals surface area contributed by atoms with Crippen LogP contribution in [-0.2, 0) is 0 Å². The maximum atomic E-state index is 4.91. The summed E-state index contributed by atoms with van der Waals surface area (Å²) in [5.74, 6) is 0.744. The first kappa shape index (κ1) is 13.9. The number of rotatable bonds is 2. The van der Waals surface area contributed by atoms with Gasteiger partial charge in [0.05, 0.1) is 5.52 Å². The number of aromatic nitrogens is 3. The van der Waals surface area contributed by atoms with Crippen molar-refractivity contribution in [1.82, 2.24) is 14.5 Å². The Hall–Kier alpha value is -3.46. The van der Waals surface area contributed by atoms with Crippen LogP contribution in [0.1, 0.15) is 0 Å². The molecule has 0 aliphatic heterocycles. The second kappa shape index (κ2) is 5.56. The Labute approximate surface area is 145 Å². The van der Waals surface area contributed by atoms with Crippen molar-refractivity contribution < 1.29 is 0 Å². The van der Waals surface area contributed by atoms with Crippen LogP contribution in [0.15, 0.2) is 91.1 Å². The number of benzene rings is 3. The van der Waals surface area contributed by atoms with E-state index in [1.165, 1.54) is 5.39 Å². The summed E-state index contributed by atoms with van der Waals surface area (Å²) in [6, 6.07) is 28.8. The molecule has 0 aliphatic carbocycles. The van der Waals surface area contributed by atoms with Crippen molar-refractivity contribution in [2.24, 2.45) is 0 Å². The SMILES string of the molecule is c1ccc(-c2ncc3c4ccccc4n(-c4ccccc4)c3n2)cc1. The summed E-state index contributed by atoms with van der Waals surface area (Å²) in [5.41, 5.74) is 4.20. The molecular weight excluding hydrogens is 306 g/mol. The highest BCUT2D eigenvalue weighted by molar-refractivity contribution is 6.07. The normalized spacial score (nSPS) is 11.2. The lowest BCUT2D eigenvalue weighted by Crippen LogP contribution is -1.97. The van der Waals surface area contributed by atoms with Gasteiger partial charge in [0.15, 0.2) is 5.82 Å². The van der Waals surface area contributed by atoms with Gasteiger partial charge in [-0.3, -0.25) is 4.57 Å². The Morgan fingerprint density at radius 3 is 2.12 bits per heavy atom. The highest BCUT2D eigenvalue weighted by Crippen LogP contribution is 2.31. The average molecular weight is 321 g/mol. The summed E-state index contributed by atoms with van der Waals surface area (Å²) < 4.78 is 2.21. The van der Waals surface area contributed by atoms with E-state index in [1.54, 1.807) is 0 Å². The number of fused-ring (bicyclic) bond motifs is 3. The van der Waals surface area contributed by atoms with Crippen LogP contribution in [0.25, 0.3) is 39.0 Å². The van der Waals surface area contributed by atoms with Gasteiger partial charge < -0.3 is 0 Å². The van der Waals surface area contributed by atoms with Crippen LogP contribution in [0.2, 0.25) is 0 Å². The molecule has 0 aliphatic rings. The predicted molar refractivity (Wildman–Crippen MR) is 102 cm³/mol. The van der Waals surface area contributed by atoms with Crippen LogP contribution in [0.4, 0.5) is 0 Å². The molecule has 2 aromatic heterocycles. The largest absolute Gasteiger partial charge is 0.294 e. The number of para-hydroxylation sites is 2. The molecule has 3 heteroatoms. The van der Waals surface area contributed by atoms with E-state index in [1.807, 2.05) is 42.6 Å². The first-order chi connectivity index (χ1) is 12.4. The Balaban J connectivity index is 1.88. The first-order valence-corrected chi connectivity index (χ1v) is 8.29. The molecule has 0 amide bonds. The van der Waals surface area contributed by atoms with Gasteiger partial charge in [0.25, 0.3) is 0 Å². The Bertz CT molecular complexity index is 1180. The minimum absolute atomic E-state index is 0.744. The third-order valence-electron chi connectivity index (χ3n) is 4.46. The maximum absolute atomic E-state index is 4.91. The minimum Gasteiger partial charge on any atom is -0.294 e. The number of hydrogen-bond donors (Lipinski definition) is 0. The molecule has 0 N–H and O–H groups in total. The van der Waals surface area contributed by atoms with Crippen molar-refractivity contribution in [3.05, 3.63) is 91.1 Å². The molecule has 5 aromatic rings. The Morgan fingerprint density at radius 1 is 0.640 bits per heavy atom. The van der Waals surface area contributed by atoms with Gasteiger partial charge in [-0.25, -0.2) is 9.97 Å². The fourth-order valence-corrected chi connectivity index (χ4v) is 3.31. The zero-order valence-corrected chi connectivity index (χ0v) is 13.5. The molecular formula is C22H15N3. The molecule has 2 heterocycles. The smallest absolute Gasteiger partial charge is 0.161 e. The van der Waals surface area contributed by atoms with E-state index in [9.17, 15) is 0 Å². The zero-order chi connectivity index (χ0) is 16.6. The molecule has 3 aromatic carbocycles. The standard InChI is InChI=1S/C22H15N3/c1-3-9-16(10-4-1)21-23-15-19-18-13-7-8-14-20(18)25(22(19)24-21)17-11-5-2-6-12-17/h1-15H. The number of hydrogen-bond acceptors (Lipinski definition) is 2. The van der Waals surface area contributed by atoms with Gasteiger partial charge in [-0.2, -0.15) is 0 Å². The number of nitrogens with zero attached hydrogens (tertiary/aromatic N) is 3. The van der Waals surface area contributed by atoms with Gasteiger partial charge in [-0.15, -0.1) is 0 Å². The summed E-state index contributed by atoms with van der Waals surface area (Å²) >= 11 is 0. The van der Waals surface area contributed by atoms with Gasteiger partial charge in [0.2, 0.25) is 0 Å². The minimum atomic E-state index is 0.744. The molecule has 0 unspecified atom stereocenters. The highest BCUT2D eigenvalue weighted by atomic mass is 15.1. The van der Waals surface area contributed by atoms with Gasteiger partial charge in [-0.05, 0) is 18.2 Å². The highest BCUT2D eigenvalue weighted by Gasteiger charge is 2.14. The molecule has 0 spiro atoms. The van der Waals surface area contributed by atoms with Crippen molar-refractivity contribution in [2.75, 3.05) is 0 Å². The molecule has 0 saturated carbocycles. The average Bonchev–Trinajstić information content (AvgIpc) is 3.03. The summed E-state index contributed by atoms with van der Waals surface area (Å²) in [6.45, 7) is 0. The molecule has 5 rings (SSSR count). The third kappa shape index (κ3) is 2.21. The van der Waals surface area contributed by atoms with Crippen molar-refractivity contribution >= 4 is 21.9 Å². The molecule has 0 bridgehead atoms. The van der Waals surface area contributed by atoms with E-state index >= 15 is 0 Å². The quantitative estimate of drug-likeness (QED) is 0.445. The fraction of sp³-hybridized carbons (Fsp3) is 0.